The lowest BCUT2D eigenvalue weighted by Crippen LogP contribution is -2.38. The van der Waals surface area contributed by atoms with E-state index >= 15 is 0 Å². The first-order valence-electron chi connectivity index (χ1n) is 8.27. The predicted molar refractivity (Wildman–Crippen MR) is 99.7 cm³/mol. The molecule has 8 nitrogen and oxygen atoms in total. The second-order valence-electron chi connectivity index (χ2n) is 6.01. The van der Waals surface area contributed by atoms with Crippen LogP contribution < -0.4 is 5.32 Å². The van der Waals surface area contributed by atoms with E-state index in [4.69, 9.17) is 0 Å². The topological polar surface area (TPSA) is 97.7 Å². The van der Waals surface area contributed by atoms with Gasteiger partial charge in [-0.2, -0.15) is 4.31 Å². The Morgan fingerprint density at radius 1 is 1.22 bits per heavy atom. The van der Waals surface area contributed by atoms with E-state index in [0.29, 0.717) is 13.0 Å². The zero-order valence-electron chi connectivity index (χ0n) is 15.5. The van der Waals surface area contributed by atoms with Crippen LogP contribution in [-0.2, 0) is 33.0 Å². The summed E-state index contributed by atoms with van der Waals surface area (Å²) in [6, 6.07) is 10.9. The first-order valence-corrected chi connectivity index (χ1v) is 9.71. The molecule has 146 valence electrons. The second kappa shape index (κ2) is 8.83. The van der Waals surface area contributed by atoms with E-state index < -0.39 is 21.9 Å². The Labute approximate surface area is 158 Å². The first-order chi connectivity index (χ1) is 12.8. The summed E-state index contributed by atoms with van der Waals surface area (Å²) in [6.07, 6.45) is 1.97. The number of amides is 1. The van der Waals surface area contributed by atoms with Crippen LogP contribution in [0.4, 0.5) is 0 Å². The van der Waals surface area contributed by atoms with Crippen molar-refractivity contribution in [3.63, 3.8) is 0 Å². The quantitative estimate of drug-likeness (QED) is 0.669. The van der Waals surface area contributed by atoms with E-state index in [1.54, 1.807) is 7.05 Å². The van der Waals surface area contributed by atoms with Crippen molar-refractivity contribution < 1.29 is 22.7 Å². The molecule has 0 atom stereocenters. The maximum Gasteiger partial charge on any atom is 0.354 e. The zero-order chi connectivity index (χ0) is 20.0. The van der Waals surface area contributed by atoms with Crippen molar-refractivity contribution in [1.29, 1.82) is 0 Å². The average molecular weight is 393 g/mol. The van der Waals surface area contributed by atoms with Gasteiger partial charge in [0.2, 0.25) is 15.9 Å². The normalized spacial score (nSPS) is 11.4. The summed E-state index contributed by atoms with van der Waals surface area (Å²) in [5.74, 6) is -1.04. The van der Waals surface area contributed by atoms with Crippen molar-refractivity contribution in [3.8, 4) is 0 Å². The molecule has 0 bridgehead atoms. The molecule has 1 amide bonds. The van der Waals surface area contributed by atoms with E-state index in [2.05, 4.69) is 10.1 Å². The molecule has 0 unspecified atom stereocenters. The standard InChI is InChI=1S/C18H23N3O5S/c1-20-12-15(11-16(20)18(23)26-3)27(24,25)21(2)13-17(22)19-10-9-14-7-5-4-6-8-14/h4-8,11-12H,9-10,13H2,1-3H3,(H,19,22). The summed E-state index contributed by atoms with van der Waals surface area (Å²) in [5.41, 5.74) is 1.19. The second-order valence-corrected chi connectivity index (χ2v) is 8.06. The molecule has 1 N–H and O–H groups in total. The van der Waals surface area contributed by atoms with Gasteiger partial charge in [-0.15, -0.1) is 0 Å². The third kappa shape index (κ3) is 5.18. The van der Waals surface area contributed by atoms with Gasteiger partial charge in [0.15, 0.2) is 0 Å². The van der Waals surface area contributed by atoms with E-state index in [9.17, 15) is 18.0 Å². The highest BCUT2D eigenvalue weighted by Gasteiger charge is 2.26. The number of benzene rings is 1. The van der Waals surface area contributed by atoms with Crippen LogP contribution in [-0.4, -0.2) is 56.4 Å². The van der Waals surface area contributed by atoms with Gasteiger partial charge in [-0.1, -0.05) is 30.3 Å². The molecule has 1 heterocycles. The van der Waals surface area contributed by atoms with Gasteiger partial charge in [-0.3, -0.25) is 4.79 Å². The average Bonchev–Trinajstić information content (AvgIpc) is 3.04. The molecule has 1 aromatic carbocycles. The van der Waals surface area contributed by atoms with Gasteiger partial charge < -0.3 is 14.6 Å². The van der Waals surface area contributed by atoms with Crippen LogP contribution in [0, 0.1) is 0 Å². The number of nitrogens with one attached hydrogen (secondary N) is 1. The fourth-order valence-corrected chi connectivity index (χ4v) is 3.70. The van der Waals surface area contributed by atoms with E-state index in [1.807, 2.05) is 30.3 Å². The number of hydrogen-bond donors (Lipinski definition) is 1. The molecule has 0 saturated carbocycles. The number of aryl methyl sites for hydroxylation is 1. The molecule has 27 heavy (non-hydrogen) atoms. The fourth-order valence-electron chi connectivity index (χ4n) is 2.50. The molecule has 0 fully saturated rings. The van der Waals surface area contributed by atoms with Crippen molar-refractivity contribution in [3.05, 3.63) is 53.9 Å². The molecule has 2 rings (SSSR count). The van der Waals surface area contributed by atoms with Crippen LogP contribution in [0.1, 0.15) is 16.1 Å². The number of nitrogens with zero attached hydrogens (tertiary/aromatic N) is 2. The van der Waals surface area contributed by atoms with Crippen molar-refractivity contribution in [2.75, 3.05) is 27.2 Å². The first kappa shape index (κ1) is 20.7. The Morgan fingerprint density at radius 2 is 1.89 bits per heavy atom. The molecule has 0 aliphatic carbocycles. The molecule has 9 heteroatoms. The van der Waals surface area contributed by atoms with Crippen LogP contribution >= 0.6 is 0 Å². The van der Waals surface area contributed by atoms with E-state index in [0.717, 1.165) is 9.87 Å². The molecule has 0 aliphatic heterocycles. The summed E-state index contributed by atoms with van der Waals surface area (Å²) < 4.78 is 32.2. The monoisotopic (exact) mass is 393 g/mol. The number of rotatable bonds is 8. The molecule has 0 aliphatic rings. The highest BCUT2D eigenvalue weighted by Crippen LogP contribution is 2.18. The van der Waals surface area contributed by atoms with Crippen molar-refractivity contribution in [2.45, 2.75) is 11.3 Å². The van der Waals surface area contributed by atoms with Gasteiger partial charge in [0.25, 0.3) is 0 Å². The number of methoxy groups -OCH3 is 1. The lowest BCUT2D eigenvalue weighted by Gasteiger charge is -2.16. The van der Waals surface area contributed by atoms with Crippen LogP contribution in [0.15, 0.2) is 47.5 Å². The molecule has 0 radical (unpaired) electrons. The van der Waals surface area contributed by atoms with Gasteiger partial charge in [0.1, 0.15) is 10.6 Å². The van der Waals surface area contributed by atoms with E-state index in [1.165, 1.54) is 31.0 Å². The number of esters is 1. The van der Waals surface area contributed by atoms with Gasteiger partial charge >= 0.3 is 5.97 Å². The zero-order valence-corrected chi connectivity index (χ0v) is 16.3. The van der Waals surface area contributed by atoms with Crippen LogP contribution in [0.25, 0.3) is 0 Å². The number of ether oxygens (including phenoxy) is 1. The number of aromatic nitrogens is 1. The molecule has 0 spiro atoms. The Balaban J connectivity index is 1.96. The summed E-state index contributed by atoms with van der Waals surface area (Å²) in [7, 11) is 0.167. The number of sulfonamides is 1. The number of hydrogen-bond acceptors (Lipinski definition) is 5. The van der Waals surface area contributed by atoms with E-state index in [-0.39, 0.29) is 17.1 Å². The highest BCUT2D eigenvalue weighted by atomic mass is 32.2. The summed E-state index contributed by atoms with van der Waals surface area (Å²) >= 11 is 0. The summed E-state index contributed by atoms with van der Waals surface area (Å²) in [4.78, 5) is 23.6. The van der Waals surface area contributed by atoms with Crippen LogP contribution in [0.5, 0.6) is 0 Å². The Bertz CT molecular complexity index is 906. The van der Waals surface area contributed by atoms with Crippen molar-refractivity contribution in [1.82, 2.24) is 14.2 Å². The third-order valence-corrected chi connectivity index (χ3v) is 5.80. The third-order valence-electron chi connectivity index (χ3n) is 4.03. The van der Waals surface area contributed by atoms with Gasteiger partial charge in [-0.05, 0) is 18.1 Å². The smallest absolute Gasteiger partial charge is 0.354 e. The molecular weight excluding hydrogens is 370 g/mol. The molecule has 1 aromatic heterocycles. The Hall–Kier alpha value is -2.65. The lowest BCUT2D eigenvalue weighted by molar-refractivity contribution is -0.121. The highest BCUT2D eigenvalue weighted by molar-refractivity contribution is 7.89. The molecular formula is C18H23N3O5S. The predicted octanol–water partition coefficient (Wildman–Crippen LogP) is 0.791. The van der Waals surface area contributed by atoms with Crippen molar-refractivity contribution in [2.24, 2.45) is 7.05 Å². The number of likely N-dealkylation sites (N-methyl/N-ethyl adjacent to an activating group) is 1. The number of carbonyl (C=O) groups is 2. The Kier molecular flexibility index (Phi) is 6.75. The number of carbonyl (C=O) groups excluding carboxylic acids is 2. The minimum absolute atomic E-state index is 0.0787. The fraction of sp³-hybridized carbons (Fsp3) is 0.333. The maximum absolute atomic E-state index is 12.6. The summed E-state index contributed by atoms with van der Waals surface area (Å²) in [5, 5.41) is 2.71. The minimum atomic E-state index is -3.91. The maximum atomic E-state index is 12.6. The van der Waals surface area contributed by atoms with Gasteiger partial charge in [0.05, 0.1) is 13.7 Å². The summed E-state index contributed by atoms with van der Waals surface area (Å²) in [6.45, 7) is 0.0914. The largest absolute Gasteiger partial charge is 0.464 e. The SMILES string of the molecule is COC(=O)c1cc(S(=O)(=O)N(C)CC(=O)NCCc2ccccc2)cn1C. The molecule has 2 aromatic rings. The lowest BCUT2D eigenvalue weighted by atomic mass is 10.1. The van der Waals surface area contributed by atoms with Crippen LogP contribution in [0.2, 0.25) is 0 Å². The van der Waals surface area contributed by atoms with Crippen molar-refractivity contribution >= 4 is 21.9 Å². The Morgan fingerprint density at radius 3 is 2.52 bits per heavy atom. The van der Waals surface area contributed by atoms with Gasteiger partial charge in [-0.25, -0.2) is 13.2 Å². The molecule has 0 saturated heterocycles. The van der Waals surface area contributed by atoms with Crippen LogP contribution in [0.3, 0.4) is 0 Å². The minimum Gasteiger partial charge on any atom is -0.464 e. The van der Waals surface area contributed by atoms with Gasteiger partial charge in [0, 0.05) is 26.8 Å².